The minimum atomic E-state index is -0.0133. The van der Waals surface area contributed by atoms with Crippen LogP contribution < -0.4 is 0 Å². The Morgan fingerprint density at radius 1 is 1.24 bits per heavy atom. The summed E-state index contributed by atoms with van der Waals surface area (Å²) in [4.78, 5) is 13.7. The molecule has 94 valence electrons. The van der Waals surface area contributed by atoms with Gasteiger partial charge in [0.1, 0.15) is 0 Å². The van der Waals surface area contributed by atoms with Crippen molar-refractivity contribution < 1.29 is 4.79 Å². The molecule has 0 unspecified atom stereocenters. The monoisotopic (exact) mass is 233 g/mol. The van der Waals surface area contributed by atoms with Crippen molar-refractivity contribution in [3.05, 3.63) is 35.9 Å². The summed E-state index contributed by atoms with van der Waals surface area (Å²) in [7, 11) is 1.88. The second-order valence-corrected chi connectivity index (χ2v) is 5.60. The number of benzene rings is 1. The van der Waals surface area contributed by atoms with Crippen molar-refractivity contribution in [2.75, 3.05) is 13.6 Å². The molecule has 0 saturated heterocycles. The van der Waals surface area contributed by atoms with E-state index >= 15 is 0 Å². The van der Waals surface area contributed by atoms with Crippen molar-refractivity contribution in [3.8, 4) is 0 Å². The summed E-state index contributed by atoms with van der Waals surface area (Å²) in [5, 5.41) is 0. The van der Waals surface area contributed by atoms with Gasteiger partial charge in [-0.2, -0.15) is 0 Å². The second-order valence-electron chi connectivity index (χ2n) is 5.60. The molecule has 1 aromatic carbocycles. The van der Waals surface area contributed by atoms with Crippen molar-refractivity contribution in [2.24, 2.45) is 5.92 Å². The zero-order chi connectivity index (χ0) is 13.1. The number of carbonyl (C=O) groups is 1. The largest absolute Gasteiger partial charge is 0.345 e. The molecule has 0 aliphatic carbocycles. The fourth-order valence-electron chi connectivity index (χ4n) is 2.09. The fourth-order valence-corrected chi connectivity index (χ4v) is 2.09. The van der Waals surface area contributed by atoms with Crippen LogP contribution in [0.5, 0.6) is 0 Å². The molecule has 0 spiro atoms. The van der Waals surface area contributed by atoms with Crippen LogP contribution in [0.25, 0.3) is 0 Å². The van der Waals surface area contributed by atoms with Gasteiger partial charge in [-0.3, -0.25) is 4.79 Å². The Balaban J connectivity index is 2.77. The van der Waals surface area contributed by atoms with Gasteiger partial charge >= 0.3 is 0 Å². The van der Waals surface area contributed by atoms with Gasteiger partial charge in [-0.05, 0) is 5.56 Å². The number of hydrogen-bond acceptors (Lipinski definition) is 1. The van der Waals surface area contributed by atoms with Gasteiger partial charge in [0.2, 0.25) is 5.91 Å². The average molecular weight is 233 g/mol. The third-order valence-corrected chi connectivity index (χ3v) is 3.06. The van der Waals surface area contributed by atoms with Gasteiger partial charge in [0.15, 0.2) is 0 Å². The van der Waals surface area contributed by atoms with Crippen LogP contribution in [0, 0.1) is 5.92 Å². The van der Waals surface area contributed by atoms with E-state index in [0.29, 0.717) is 0 Å². The number of rotatable bonds is 4. The summed E-state index contributed by atoms with van der Waals surface area (Å²) < 4.78 is 0. The summed E-state index contributed by atoms with van der Waals surface area (Å²) in [6, 6.07) is 10.3. The lowest BCUT2D eigenvalue weighted by molar-refractivity contribution is -0.133. The quantitative estimate of drug-likeness (QED) is 0.782. The van der Waals surface area contributed by atoms with E-state index in [1.807, 2.05) is 44.0 Å². The molecule has 0 heterocycles. The van der Waals surface area contributed by atoms with Crippen LogP contribution in [0.3, 0.4) is 0 Å². The molecule has 0 atom stereocenters. The van der Waals surface area contributed by atoms with Gasteiger partial charge in [0.05, 0.1) is 0 Å². The predicted molar refractivity (Wildman–Crippen MR) is 71.9 cm³/mol. The molecule has 0 aliphatic heterocycles. The summed E-state index contributed by atoms with van der Waals surface area (Å²) in [5.41, 5.74) is 1.25. The molecule has 2 heteroatoms. The maximum atomic E-state index is 11.9. The summed E-state index contributed by atoms with van der Waals surface area (Å²) >= 11 is 0. The smallest absolute Gasteiger partial charge is 0.224 e. The number of hydrogen-bond donors (Lipinski definition) is 0. The van der Waals surface area contributed by atoms with Gasteiger partial charge in [-0.1, -0.05) is 58.0 Å². The van der Waals surface area contributed by atoms with Crippen LogP contribution in [0.1, 0.15) is 33.3 Å². The van der Waals surface area contributed by atoms with Crippen LogP contribution in [-0.2, 0) is 10.2 Å². The first-order chi connectivity index (χ1) is 7.84. The van der Waals surface area contributed by atoms with Crippen LogP contribution in [0.4, 0.5) is 0 Å². The molecule has 0 aromatic heterocycles. The average Bonchev–Trinajstić information content (AvgIpc) is 2.28. The maximum Gasteiger partial charge on any atom is 0.224 e. The van der Waals surface area contributed by atoms with E-state index in [4.69, 9.17) is 0 Å². The van der Waals surface area contributed by atoms with Gasteiger partial charge in [-0.25, -0.2) is 0 Å². The van der Waals surface area contributed by atoms with Crippen LogP contribution in [0.15, 0.2) is 30.3 Å². The highest BCUT2D eigenvalue weighted by Gasteiger charge is 2.25. The SMILES string of the molecule is CC(C)C(=O)N(C)CC(C)(C)c1ccccc1. The lowest BCUT2D eigenvalue weighted by Crippen LogP contribution is -2.40. The first kappa shape index (κ1) is 13.8. The molecule has 1 rings (SSSR count). The van der Waals surface area contributed by atoms with Crippen molar-refractivity contribution in [1.29, 1.82) is 0 Å². The minimum absolute atomic E-state index is 0.0133. The maximum absolute atomic E-state index is 11.9. The third-order valence-electron chi connectivity index (χ3n) is 3.06. The molecule has 0 fully saturated rings. The molecule has 0 saturated carbocycles. The van der Waals surface area contributed by atoms with Gasteiger partial charge in [-0.15, -0.1) is 0 Å². The van der Waals surface area contributed by atoms with Gasteiger partial charge < -0.3 is 4.90 Å². The highest BCUT2D eigenvalue weighted by molar-refractivity contribution is 5.77. The summed E-state index contributed by atoms with van der Waals surface area (Å²) in [5.74, 6) is 0.264. The van der Waals surface area contributed by atoms with Crippen LogP contribution >= 0.6 is 0 Å². The molecule has 0 bridgehead atoms. The molecule has 0 aliphatic rings. The number of amides is 1. The molecule has 2 nitrogen and oxygen atoms in total. The van der Waals surface area contributed by atoms with Crippen molar-refractivity contribution in [3.63, 3.8) is 0 Å². The second kappa shape index (κ2) is 5.35. The Morgan fingerprint density at radius 2 is 1.76 bits per heavy atom. The molecular weight excluding hydrogens is 210 g/mol. The summed E-state index contributed by atoms with van der Waals surface area (Å²) in [6.45, 7) is 8.97. The molecule has 1 aromatic rings. The van der Waals surface area contributed by atoms with E-state index in [9.17, 15) is 4.79 Å². The highest BCUT2D eigenvalue weighted by Crippen LogP contribution is 2.24. The van der Waals surface area contributed by atoms with E-state index in [1.165, 1.54) is 5.56 Å². The van der Waals surface area contributed by atoms with Crippen LogP contribution in [0.2, 0.25) is 0 Å². The van der Waals surface area contributed by atoms with Crippen molar-refractivity contribution in [2.45, 2.75) is 33.1 Å². The number of carbonyl (C=O) groups excluding carboxylic acids is 1. The Kier molecular flexibility index (Phi) is 4.33. The number of nitrogens with zero attached hydrogens (tertiary/aromatic N) is 1. The predicted octanol–water partition coefficient (Wildman–Crippen LogP) is 3.08. The molecule has 0 N–H and O–H groups in total. The fraction of sp³-hybridized carbons (Fsp3) is 0.533. The zero-order valence-electron chi connectivity index (χ0n) is 11.5. The highest BCUT2D eigenvalue weighted by atomic mass is 16.2. The molecule has 1 amide bonds. The topological polar surface area (TPSA) is 20.3 Å². The van der Waals surface area contributed by atoms with Gasteiger partial charge in [0.25, 0.3) is 0 Å². The minimum Gasteiger partial charge on any atom is -0.345 e. The molecule has 0 radical (unpaired) electrons. The van der Waals surface area contributed by atoms with Crippen LogP contribution in [-0.4, -0.2) is 24.4 Å². The third kappa shape index (κ3) is 3.58. The zero-order valence-corrected chi connectivity index (χ0v) is 11.5. The lowest BCUT2D eigenvalue weighted by Gasteiger charge is -2.31. The van der Waals surface area contributed by atoms with Crippen molar-refractivity contribution >= 4 is 5.91 Å². The lowest BCUT2D eigenvalue weighted by atomic mass is 9.84. The van der Waals surface area contributed by atoms with E-state index in [1.54, 1.807) is 0 Å². The Hall–Kier alpha value is -1.31. The Morgan fingerprint density at radius 3 is 2.24 bits per heavy atom. The van der Waals surface area contributed by atoms with Crippen molar-refractivity contribution in [1.82, 2.24) is 4.90 Å². The van der Waals surface area contributed by atoms with E-state index in [2.05, 4.69) is 26.0 Å². The standard InChI is InChI=1S/C15H23NO/c1-12(2)14(17)16(5)11-15(3,4)13-9-7-6-8-10-13/h6-10,12H,11H2,1-5H3. The Labute approximate surface area is 105 Å². The number of likely N-dealkylation sites (N-methyl/N-ethyl adjacent to an activating group) is 1. The molecular formula is C15H23NO. The normalized spacial score (nSPS) is 11.6. The Bertz CT molecular complexity index is 368. The van der Waals surface area contributed by atoms with Gasteiger partial charge in [0, 0.05) is 24.9 Å². The first-order valence-electron chi connectivity index (χ1n) is 6.15. The first-order valence-corrected chi connectivity index (χ1v) is 6.15. The van der Waals surface area contributed by atoms with E-state index in [-0.39, 0.29) is 17.2 Å². The van der Waals surface area contributed by atoms with E-state index in [0.717, 1.165) is 6.54 Å². The van der Waals surface area contributed by atoms with E-state index < -0.39 is 0 Å². The summed E-state index contributed by atoms with van der Waals surface area (Å²) in [6.07, 6.45) is 0. The molecule has 17 heavy (non-hydrogen) atoms.